The van der Waals surface area contributed by atoms with Crippen molar-refractivity contribution in [2.45, 2.75) is 6.36 Å². The molecule has 0 fully saturated rings. The Bertz CT molecular complexity index is 427. The zero-order valence-corrected chi connectivity index (χ0v) is 9.94. The summed E-state index contributed by atoms with van der Waals surface area (Å²) >= 11 is 5.95. The molecule has 0 amide bonds. The highest BCUT2D eigenvalue weighted by Crippen LogP contribution is 2.30. The van der Waals surface area contributed by atoms with E-state index >= 15 is 0 Å². The summed E-state index contributed by atoms with van der Waals surface area (Å²) < 4.78 is 39.6. The van der Waals surface area contributed by atoms with Gasteiger partial charge in [0, 0.05) is 10.5 Å². The normalized spacial score (nSPS) is 10.9. The van der Waals surface area contributed by atoms with Crippen molar-refractivity contribution < 1.29 is 17.9 Å². The molecular weight excluding hydrogens is 345 g/mol. The number of hydrogen-bond donors (Lipinski definition) is 0. The van der Waals surface area contributed by atoms with Crippen LogP contribution in [0.4, 0.5) is 13.2 Å². The van der Waals surface area contributed by atoms with Gasteiger partial charge in [-0.2, -0.15) is 5.26 Å². The molecule has 0 aromatic carbocycles. The van der Waals surface area contributed by atoms with E-state index in [9.17, 15) is 13.2 Å². The number of rotatable bonds is 1. The van der Waals surface area contributed by atoms with Gasteiger partial charge in [0.25, 0.3) is 0 Å². The summed E-state index contributed by atoms with van der Waals surface area (Å²) in [6, 6.07) is 2.64. The number of alkyl halides is 3. The number of ether oxygens (including phenoxy) is 1. The zero-order valence-electron chi connectivity index (χ0n) is 6.77. The van der Waals surface area contributed by atoms with Gasteiger partial charge in [-0.3, -0.25) is 0 Å². The van der Waals surface area contributed by atoms with Gasteiger partial charge in [0.1, 0.15) is 6.07 Å². The number of nitriles is 1. The summed E-state index contributed by atoms with van der Waals surface area (Å²) in [4.78, 5) is 3.36. The lowest BCUT2D eigenvalue weighted by atomic mass is 10.4. The van der Waals surface area contributed by atoms with Crippen LogP contribution in [-0.2, 0) is 0 Å². The average Bonchev–Trinajstić information content (AvgIpc) is 2.08. The highest BCUT2D eigenvalue weighted by atomic mass is 79.9. The molecule has 0 saturated carbocycles. The Hall–Kier alpha value is -0.810. The van der Waals surface area contributed by atoms with Crippen molar-refractivity contribution in [2.75, 3.05) is 0 Å². The minimum atomic E-state index is -4.83. The third kappa shape index (κ3) is 3.35. The second-order valence-corrected chi connectivity index (χ2v) is 3.91. The predicted molar refractivity (Wildman–Crippen MR) is 51.0 cm³/mol. The smallest absolute Gasteiger partial charge is 0.388 e. The molecule has 80 valence electrons. The SMILES string of the molecule is N#Cc1nc(OC(F)(F)F)cc(Br)c1Br. The molecule has 0 N–H and O–H groups in total. The lowest BCUT2D eigenvalue weighted by Crippen LogP contribution is -2.18. The second-order valence-electron chi connectivity index (χ2n) is 2.26. The first-order valence-corrected chi connectivity index (χ1v) is 4.94. The van der Waals surface area contributed by atoms with E-state index in [0.717, 1.165) is 6.07 Å². The number of halogens is 5. The van der Waals surface area contributed by atoms with E-state index in [2.05, 4.69) is 41.6 Å². The molecule has 0 aliphatic carbocycles. The van der Waals surface area contributed by atoms with Gasteiger partial charge >= 0.3 is 6.36 Å². The number of nitrogens with zero attached hydrogens (tertiary/aromatic N) is 2. The van der Waals surface area contributed by atoms with E-state index in [1.54, 1.807) is 6.07 Å². The Labute approximate surface area is 99.1 Å². The van der Waals surface area contributed by atoms with Crippen molar-refractivity contribution >= 4 is 31.9 Å². The maximum absolute atomic E-state index is 11.8. The standard InChI is InChI=1S/C7HBr2F3N2O/c8-3-1-5(15-7(10,11)12)14-4(2-13)6(3)9/h1H. The van der Waals surface area contributed by atoms with Crippen LogP contribution in [0.25, 0.3) is 0 Å². The van der Waals surface area contributed by atoms with Gasteiger partial charge in [-0.25, -0.2) is 4.98 Å². The molecule has 0 radical (unpaired) electrons. The molecule has 1 heterocycles. The molecule has 8 heteroatoms. The van der Waals surface area contributed by atoms with Gasteiger partial charge < -0.3 is 4.74 Å². The molecular formula is C7HBr2F3N2O. The summed E-state index contributed by atoms with van der Waals surface area (Å²) in [5, 5.41) is 8.57. The fourth-order valence-electron chi connectivity index (χ4n) is 0.721. The average molecular weight is 346 g/mol. The van der Waals surface area contributed by atoms with Crippen molar-refractivity contribution in [1.82, 2.24) is 4.98 Å². The summed E-state index contributed by atoms with van der Waals surface area (Å²) in [5.74, 6) is -0.686. The van der Waals surface area contributed by atoms with Crippen LogP contribution in [0.2, 0.25) is 0 Å². The van der Waals surface area contributed by atoms with Gasteiger partial charge in [0.15, 0.2) is 5.69 Å². The summed E-state index contributed by atoms with van der Waals surface area (Å²) in [7, 11) is 0. The molecule has 3 nitrogen and oxygen atoms in total. The Kier molecular flexibility index (Phi) is 3.57. The Morgan fingerprint density at radius 1 is 1.40 bits per heavy atom. The monoisotopic (exact) mass is 344 g/mol. The third-order valence-electron chi connectivity index (χ3n) is 1.22. The second kappa shape index (κ2) is 4.37. The van der Waals surface area contributed by atoms with Gasteiger partial charge in [-0.15, -0.1) is 13.2 Å². The van der Waals surface area contributed by atoms with Crippen molar-refractivity contribution in [1.29, 1.82) is 5.26 Å². The highest BCUT2D eigenvalue weighted by Gasteiger charge is 2.32. The Morgan fingerprint density at radius 3 is 2.47 bits per heavy atom. The van der Waals surface area contributed by atoms with Crippen LogP contribution in [-0.4, -0.2) is 11.3 Å². The molecule has 0 aliphatic heterocycles. The first-order chi connectivity index (χ1) is 6.83. The summed E-state index contributed by atoms with van der Waals surface area (Å²) in [6.45, 7) is 0. The topological polar surface area (TPSA) is 45.9 Å². The van der Waals surface area contributed by atoms with E-state index in [0.29, 0.717) is 0 Å². The number of aromatic nitrogens is 1. The highest BCUT2D eigenvalue weighted by molar-refractivity contribution is 9.13. The zero-order chi connectivity index (χ0) is 11.6. The van der Waals surface area contributed by atoms with Crippen molar-refractivity contribution in [2.24, 2.45) is 0 Å². The Morgan fingerprint density at radius 2 is 2.00 bits per heavy atom. The third-order valence-corrected chi connectivity index (χ3v) is 3.18. The van der Waals surface area contributed by atoms with Gasteiger partial charge in [-0.05, 0) is 31.9 Å². The first-order valence-electron chi connectivity index (χ1n) is 3.35. The van der Waals surface area contributed by atoms with Crippen LogP contribution in [0.15, 0.2) is 15.0 Å². The molecule has 1 aromatic heterocycles. The van der Waals surface area contributed by atoms with Gasteiger partial charge in [0.2, 0.25) is 5.88 Å². The van der Waals surface area contributed by atoms with Gasteiger partial charge in [-0.1, -0.05) is 0 Å². The van der Waals surface area contributed by atoms with Crippen molar-refractivity contribution in [3.05, 3.63) is 20.7 Å². The molecule has 0 saturated heterocycles. The van der Waals surface area contributed by atoms with Crippen molar-refractivity contribution in [3.63, 3.8) is 0 Å². The molecule has 15 heavy (non-hydrogen) atoms. The van der Waals surface area contributed by atoms with Crippen LogP contribution >= 0.6 is 31.9 Å². The van der Waals surface area contributed by atoms with E-state index < -0.39 is 12.2 Å². The molecule has 0 aliphatic rings. The lowest BCUT2D eigenvalue weighted by Gasteiger charge is -2.08. The summed E-state index contributed by atoms with van der Waals surface area (Å²) in [5.41, 5.74) is -0.191. The van der Waals surface area contributed by atoms with E-state index in [1.165, 1.54) is 0 Å². The van der Waals surface area contributed by atoms with Crippen LogP contribution in [0.5, 0.6) is 5.88 Å². The van der Waals surface area contributed by atoms with Crippen molar-refractivity contribution in [3.8, 4) is 11.9 Å². The maximum Gasteiger partial charge on any atom is 0.574 e. The minimum Gasteiger partial charge on any atom is -0.388 e. The quantitative estimate of drug-likeness (QED) is 0.783. The maximum atomic E-state index is 11.8. The molecule has 0 spiro atoms. The number of pyridine rings is 1. The minimum absolute atomic E-state index is 0.191. The molecule has 0 bridgehead atoms. The van der Waals surface area contributed by atoms with Crippen LogP contribution in [0.1, 0.15) is 5.69 Å². The van der Waals surface area contributed by atoms with Crippen LogP contribution in [0, 0.1) is 11.3 Å². The van der Waals surface area contributed by atoms with Crippen LogP contribution < -0.4 is 4.74 Å². The van der Waals surface area contributed by atoms with E-state index in [4.69, 9.17) is 5.26 Å². The van der Waals surface area contributed by atoms with Gasteiger partial charge in [0.05, 0.1) is 4.47 Å². The molecule has 1 aromatic rings. The molecule has 1 rings (SSSR count). The van der Waals surface area contributed by atoms with E-state index in [1.807, 2.05) is 0 Å². The Balaban J connectivity index is 3.13. The fraction of sp³-hybridized carbons (Fsp3) is 0.143. The number of hydrogen-bond acceptors (Lipinski definition) is 3. The van der Waals surface area contributed by atoms with Crippen LogP contribution in [0.3, 0.4) is 0 Å². The lowest BCUT2D eigenvalue weighted by molar-refractivity contribution is -0.276. The molecule has 0 atom stereocenters. The molecule has 0 unspecified atom stereocenters. The van der Waals surface area contributed by atoms with E-state index in [-0.39, 0.29) is 14.6 Å². The first kappa shape index (κ1) is 12.3. The fourth-order valence-corrected chi connectivity index (χ4v) is 1.40. The largest absolute Gasteiger partial charge is 0.574 e. The predicted octanol–water partition coefficient (Wildman–Crippen LogP) is 3.38. The summed E-state index contributed by atoms with van der Waals surface area (Å²) in [6.07, 6.45) is -4.83.